The van der Waals surface area contributed by atoms with Crippen LogP contribution in [0.3, 0.4) is 0 Å². The van der Waals surface area contributed by atoms with Crippen LogP contribution in [0, 0.1) is 0 Å². The molecule has 1 aliphatic rings. The maximum Gasteiger partial charge on any atom is 0.394 e. The molecule has 14 heavy (non-hydrogen) atoms. The van der Waals surface area contributed by atoms with Crippen LogP contribution in [0.1, 0.15) is 20.3 Å². The Labute approximate surface area is 87.7 Å². The lowest BCUT2D eigenvalue weighted by molar-refractivity contribution is -0.155. The van der Waals surface area contributed by atoms with Crippen LogP contribution in [0.15, 0.2) is 0 Å². The first kappa shape index (κ1) is 11.4. The quantitative estimate of drug-likeness (QED) is 0.610. The summed E-state index contributed by atoms with van der Waals surface area (Å²) in [5.74, 6) is -1.32. The van der Waals surface area contributed by atoms with Gasteiger partial charge in [-0.15, -0.1) is 0 Å². The largest absolute Gasteiger partial charge is 0.474 e. The van der Waals surface area contributed by atoms with Gasteiger partial charge in [-0.3, -0.25) is 4.79 Å². The van der Waals surface area contributed by atoms with E-state index in [0.29, 0.717) is 13.1 Å². The van der Waals surface area contributed by atoms with E-state index in [4.69, 9.17) is 5.11 Å². The number of carboxylic acids is 1. The number of hydrogen-bond donors (Lipinski definition) is 1. The lowest BCUT2D eigenvalue weighted by atomic mass is 10.1. The summed E-state index contributed by atoms with van der Waals surface area (Å²) in [7, 11) is 0. The van der Waals surface area contributed by atoms with Gasteiger partial charge in [0.1, 0.15) is 0 Å². The first-order valence-electron chi connectivity index (χ1n) is 4.58. The molecule has 1 aliphatic heterocycles. The van der Waals surface area contributed by atoms with E-state index in [2.05, 4.69) is 13.8 Å². The second-order valence-electron chi connectivity index (χ2n) is 3.96. The summed E-state index contributed by atoms with van der Waals surface area (Å²) in [5.41, 5.74) is 0. The zero-order chi connectivity index (χ0) is 10.8. The Kier molecular flexibility index (Phi) is 3.42. The van der Waals surface area contributed by atoms with Crippen LogP contribution in [0.5, 0.6) is 0 Å². The molecule has 0 atom stereocenters. The second kappa shape index (κ2) is 4.21. The highest BCUT2D eigenvalue weighted by molar-refractivity contribution is 8.00. The van der Waals surface area contributed by atoms with Gasteiger partial charge in [0.15, 0.2) is 0 Å². The molecule has 1 fully saturated rings. The van der Waals surface area contributed by atoms with Crippen LogP contribution in [0.2, 0.25) is 0 Å². The number of carbonyl (C=O) groups excluding carboxylic acids is 1. The number of amides is 1. The summed E-state index contributed by atoms with van der Waals surface area (Å²) >= 11 is 1.79. The summed E-state index contributed by atoms with van der Waals surface area (Å²) in [5, 5.41) is 8.56. The van der Waals surface area contributed by atoms with Crippen LogP contribution in [0.25, 0.3) is 0 Å². The van der Waals surface area contributed by atoms with E-state index in [1.165, 1.54) is 4.90 Å². The normalized spacial score (nSPS) is 21.4. The highest BCUT2D eigenvalue weighted by Crippen LogP contribution is 2.30. The highest BCUT2D eigenvalue weighted by Gasteiger charge is 2.28. The Morgan fingerprint density at radius 2 is 2.00 bits per heavy atom. The summed E-state index contributed by atoms with van der Waals surface area (Å²) in [6, 6.07) is 0. The second-order valence-corrected chi connectivity index (χ2v) is 5.76. The van der Waals surface area contributed by atoms with Crippen molar-refractivity contribution in [3.05, 3.63) is 0 Å². The van der Waals surface area contributed by atoms with Crippen LogP contribution in [-0.2, 0) is 9.59 Å². The number of aliphatic carboxylic acids is 1. The van der Waals surface area contributed by atoms with Gasteiger partial charge in [-0.2, -0.15) is 11.8 Å². The third kappa shape index (κ3) is 2.90. The Morgan fingerprint density at radius 3 is 2.57 bits per heavy atom. The van der Waals surface area contributed by atoms with Gasteiger partial charge in [-0.25, -0.2) is 4.79 Å². The number of thioether (sulfide) groups is 1. The molecule has 0 aromatic rings. The molecular weight excluding hydrogens is 202 g/mol. The number of carbonyl (C=O) groups is 2. The smallest absolute Gasteiger partial charge is 0.394 e. The van der Waals surface area contributed by atoms with E-state index in [9.17, 15) is 9.59 Å². The van der Waals surface area contributed by atoms with E-state index in [0.717, 1.165) is 12.2 Å². The molecule has 5 heteroatoms. The number of rotatable bonds is 0. The molecule has 80 valence electrons. The molecule has 1 rings (SSSR count). The van der Waals surface area contributed by atoms with Crippen molar-refractivity contribution in [2.75, 3.05) is 18.8 Å². The zero-order valence-electron chi connectivity index (χ0n) is 8.45. The third-order valence-corrected chi connectivity index (χ3v) is 3.68. The molecule has 1 heterocycles. The number of hydrogen-bond acceptors (Lipinski definition) is 3. The molecule has 1 amide bonds. The van der Waals surface area contributed by atoms with Crippen molar-refractivity contribution in [3.63, 3.8) is 0 Å². The van der Waals surface area contributed by atoms with Crippen LogP contribution >= 0.6 is 11.8 Å². The molecule has 4 nitrogen and oxygen atoms in total. The molecular formula is C9H15NO3S. The average Bonchev–Trinajstić information content (AvgIpc) is 2.25. The minimum Gasteiger partial charge on any atom is -0.474 e. The van der Waals surface area contributed by atoms with Crippen molar-refractivity contribution in [2.45, 2.75) is 25.0 Å². The number of nitrogens with zero attached hydrogens (tertiary/aromatic N) is 1. The molecule has 1 saturated heterocycles. The molecule has 0 aromatic carbocycles. The summed E-state index contributed by atoms with van der Waals surface area (Å²) in [4.78, 5) is 23.1. The molecule has 0 aromatic heterocycles. The summed E-state index contributed by atoms with van der Waals surface area (Å²) in [6.07, 6.45) is 0.844. The number of carboxylic acid groups (broad SMARTS) is 1. The topological polar surface area (TPSA) is 57.6 Å². The maximum atomic E-state index is 11.2. The van der Waals surface area contributed by atoms with Gasteiger partial charge in [0, 0.05) is 23.6 Å². The fraction of sp³-hybridized carbons (Fsp3) is 0.778. The van der Waals surface area contributed by atoms with Crippen LogP contribution in [0.4, 0.5) is 0 Å². The van der Waals surface area contributed by atoms with Crippen molar-refractivity contribution in [1.29, 1.82) is 0 Å². The van der Waals surface area contributed by atoms with Crippen molar-refractivity contribution >= 4 is 23.6 Å². The minimum atomic E-state index is -1.35. The predicted octanol–water partition coefficient (Wildman–Crippen LogP) is 0.815. The Balaban J connectivity index is 2.58. The molecule has 0 saturated carbocycles. The monoisotopic (exact) mass is 217 g/mol. The van der Waals surface area contributed by atoms with Crippen LogP contribution < -0.4 is 0 Å². The minimum absolute atomic E-state index is 0.146. The van der Waals surface area contributed by atoms with E-state index in [1.807, 2.05) is 0 Å². The average molecular weight is 217 g/mol. The summed E-state index contributed by atoms with van der Waals surface area (Å²) in [6.45, 7) is 5.32. The molecule has 0 unspecified atom stereocenters. The maximum absolute atomic E-state index is 11.2. The third-order valence-electron chi connectivity index (χ3n) is 2.31. The van der Waals surface area contributed by atoms with Crippen molar-refractivity contribution < 1.29 is 14.7 Å². The van der Waals surface area contributed by atoms with Crippen molar-refractivity contribution in [2.24, 2.45) is 0 Å². The van der Waals surface area contributed by atoms with Gasteiger partial charge >= 0.3 is 11.9 Å². The van der Waals surface area contributed by atoms with E-state index < -0.39 is 11.9 Å². The zero-order valence-corrected chi connectivity index (χ0v) is 9.26. The SMILES string of the molecule is CC1(C)CCN(C(=O)C(=O)O)CCS1. The molecule has 0 bridgehead atoms. The fourth-order valence-electron chi connectivity index (χ4n) is 1.36. The first-order chi connectivity index (χ1) is 6.42. The van der Waals surface area contributed by atoms with Crippen molar-refractivity contribution in [1.82, 2.24) is 4.90 Å². The van der Waals surface area contributed by atoms with Gasteiger partial charge in [0.2, 0.25) is 0 Å². The van der Waals surface area contributed by atoms with E-state index >= 15 is 0 Å². The standard InChI is InChI=1S/C9H15NO3S/c1-9(2)3-4-10(5-6-14-9)7(11)8(12)13/h3-6H2,1-2H3,(H,12,13). The Hall–Kier alpha value is -0.710. The van der Waals surface area contributed by atoms with Gasteiger partial charge in [-0.05, 0) is 6.42 Å². The van der Waals surface area contributed by atoms with Gasteiger partial charge in [-0.1, -0.05) is 13.8 Å². The van der Waals surface area contributed by atoms with Gasteiger partial charge in [0.25, 0.3) is 0 Å². The molecule has 1 N–H and O–H groups in total. The van der Waals surface area contributed by atoms with Crippen molar-refractivity contribution in [3.8, 4) is 0 Å². The first-order valence-corrected chi connectivity index (χ1v) is 5.57. The molecule has 0 aliphatic carbocycles. The van der Waals surface area contributed by atoms with E-state index in [1.54, 1.807) is 11.8 Å². The lowest BCUT2D eigenvalue weighted by Crippen LogP contribution is -2.38. The van der Waals surface area contributed by atoms with Gasteiger partial charge in [0.05, 0.1) is 0 Å². The highest BCUT2D eigenvalue weighted by atomic mass is 32.2. The molecule has 0 radical (unpaired) electrons. The fourth-order valence-corrected chi connectivity index (χ4v) is 2.46. The predicted molar refractivity (Wildman–Crippen MR) is 55.4 cm³/mol. The Morgan fingerprint density at radius 1 is 1.36 bits per heavy atom. The summed E-state index contributed by atoms with van der Waals surface area (Å²) < 4.78 is 0.146. The lowest BCUT2D eigenvalue weighted by Gasteiger charge is -2.21. The molecule has 0 spiro atoms. The van der Waals surface area contributed by atoms with Gasteiger partial charge < -0.3 is 10.0 Å². The Bertz CT molecular complexity index is 252. The van der Waals surface area contributed by atoms with Crippen LogP contribution in [-0.4, -0.2) is 45.5 Å². The van der Waals surface area contributed by atoms with E-state index in [-0.39, 0.29) is 4.75 Å².